The van der Waals surface area contributed by atoms with Crippen LogP contribution in [0.2, 0.25) is 5.02 Å². The largest absolute Gasteiger partial charge is 0.361 e. The summed E-state index contributed by atoms with van der Waals surface area (Å²) < 4.78 is 5.13. The van der Waals surface area contributed by atoms with Crippen LogP contribution in [0.5, 0.6) is 0 Å². The van der Waals surface area contributed by atoms with Gasteiger partial charge in [-0.15, -0.1) is 0 Å². The molecule has 1 fully saturated rings. The Labute approximate surface area is 159 Å². The highest BCUT2D eigenvalue weighted by atomic mass is 35.5. The first-order chi connectivity index (χ1) is 12.6. The lowest BCUT2D eigenvalue weighted by molar-refractivity contribution is -1.02. The van der Waals surface area contributed by atoms with E-state index >= 15 is 0 Å². The van der Waals surface area contributed by atoms with Gasteiger partial charge in [-0.25, -0.2) is 0 Å². The Morgan fingerprint density at radius 3 is 2.69 bits per heavy atom. The third kappa shape index (κ3) is 5.83. The molecule has 0 radical (unpaired) electrons. The molecule has 2 aromatic rings. The van der Waals surface area contributed by atoms with Gasteiger partial charge in [0.05, 0.1) is 0 Å². The number of piperazine rings is 1. The van der Waals surface area contributed by atoms with Crippen LogP contribution in [0.1, 0.15) is 17.0 Å². The van der Waals surface area contributed by atoms with Crippen molar-refractivity contribution >= 4 is 17.5 Å². The normalized spacial score (nSPS) is 20.1. The van der Waals surface area contributed by atoms with Crippen molar-refractivity contribution in [3.63, 3.8) is 0 Å². The van der Waals surface area contributed by atoms with Gasteiger partial charge in [-0.3, -0.25) is 4.79 Å². The van der Waals surface area contributed by atoms with Gasteiger partial charge in [0.15, 0.2) is 6.54 Å². The molecule has 3 N–H and O–H groups in total. The molecule has 1 amide bonds. The molecule has 0 saturated carbocycles. The molecule has 1 aliphatic rings. The maximum atomic E-state index is 12.2. The van der Waals surface area contributed by atoms with Crippen molar-refractivity contribution in [2.24, 2.45) is 0 Å². The van der Waals surface area contributed by atoms with Crippen molar-refractivity contribution in [3.05, 3.63) is 52.4 Å². The number of nitrogens with zero attached hydrogens (tertiary/aromatic N) is 1. The van der Waals surface area contributed by atoms with E-state index in [1.54, 1.807) is 0 Å². The Kier molecular flexibility index (Phi) is 6.66. The van der Waals surface area contributed by atoms with E-state index in [9.17, 15) is 4.79 Å². The average Bonchev–Trinajstić information content (AvgIpc) is 3.02. The van der Waals surface area contributed by atoms with Crippen LogP contribution in [-0.4, -0.2) is 50.3 Å². The summed E-state index contributed by atoms with van der Waals surface area (Å²) in [7, 11) is 0. The summed E-state index contributed by atoms with van der Waals surface area (Å²) in [5, 5.41) is 7.82. The Morgan fingerprint density at radius 1 is 1.23 bits per heavy atom. The summed E-state index contributed by atoms with van der Waals surface area (Å²) in [6.07, 6.45) is 0.802. The molecular weight excluding hydrogens is 352 g/mol. The summed E-state index contributed by atoms with van der Waals surface area (Å²) >= 11 is 5.98. The monoisotopic (exact) mass is 378 g/mol. The summed E-state index contributed by atoms with van der Waals surface area (Å²) in [5.41, 5.74) is 2.16. The number of nitrogens with one attached hydrogen (secondary N) is 3. The molecule has 7 heteroatoms. The van der Waals surface area contributed by atoms with Gasteiger partial charge < -0.3 is 19.6 Å². The third-order valence-electron chi connectivity index (χ3n) is 4.81. The molecule has 6 nitrogen and oxygen atoms in total. The molecule has 26 heavy (non-hydrogen) atoms. The SMILES string of the molecule is Cc1cc(C[NH+]2CC[NH+](CC(=O)NCCc3cccc(Cl)c3)CC2)no1. The van der Waals surface area contributed by atoms with Crippen molar-refractivity contribution in [2.75, 3.05) is 39.3 Å². The molecule has 1 aromatic carbocycles. The number of aromatic nitrogens is 1. The minimum atomic E-state index is 0.123. The van der Waals surface area contributed by atoms with Crippen molar-refractivity contribution in [1.29, 1.82) is 0 Å². The van der Waals surface area contributed by atoms with Crippen LogP contribution in [0.15, 0.2) is 34.9 Å². The van der Waals surface area contributed by atoms with E-state index in [2.05, 4.69) is 10.5 Å². The number of carbonyl (C=O) groups is 1. The standard InChI is InChI=1S/C19H25ClN4O2/c1-15-11-18(22-26-15)13-23-7-9-24(10-8-23)14-19(25)21-6-5-16-3-2-4-17(20)12-16/h2-4,11-12H,5-10,13-14H2,1H3,(H,21,25)/p+2. The van der Waals surface area contributed by atoms with Crippen molar-refractivity contribution < 1.29 is 19.1 Å². The second kappa shape index (κ2) is 9.16. The topological polar surface area (TPSA) is 64.0 Å². The molecule has 1 saturated heterocycles. The number of rotatable bonds is 7. The number of carbonyl (C=O) groups excluding carboxylic acids is 1. The average molecular weight is 379 g/mol. The Morgan fingerprint density at radius 2 is 2.00 bits per heavy atom. The maximum absolute atomic E-state index is 12.2. The number of hydrogen-bond acceptors (Lipinski definition) is 3. The summed E-state index contributed by atoms with van der Waals surface area (Å²) in [6.45, 7) is 8.13. The van der Waals surface area contributed by atoms with Gasteiger partial charge in [-0.05, 0) is 31.0 Å². The molecule has 0 unspecified atom stereocenters. The zero-order chi connectivity index (χ0) is 18.4. The number of quaternary nitrogens is 2. The molecule has 1 aromatic heterocycles. The van der Waals surface area contributed by atoms with Gasteiger partial charge in [-0.1, -0.05) is 28.9 Å². The van der Waals surface area contributed by atoms with E-state index < -0.39 is 0 Å². The van der Waals surface area contributed by atoms with Crippen LogP contribution in [0.25, 0.3) is 0 Å². The molecule has 2 heterocycles. The minimum absolute atomic E-state index is 0.123. The zero-order valence-electron chi connectivity index (χ0n) is 15.2. The van der Waals surface area contributed by atoms with Crippen LogP contribution >= 0.6 is 11.6 Å². The van der Waals surface area contributed by atoms with Crippen LogP contribution in [0, 0.1) is 6.92 Å². The summed E-state index contributed by atoms with van der Waals surface area (Å²) in [4.78, 5) is 15.0. The highest BCUT2D eigenvalue weighted by molar-refractivity contribution is 6.30. The van der Waals surface area contributed by atoms with Gasteiger partial charge in [0.25, 0.3) is 5.91 Å². The van der Waals surface area contributed by atoms with Gasteiger partial charge in [0.1, 0.15) is 44.2 Å². The third-order valence-corrected chi connectivity index (χ3v) is 5.04. The number of aryl methyl sites for hydroxylation is 1. The highest BCUT2D eigenvalue weighted by Crippen LogP contribution is 2.10. The van der Waals surface area contributed by atoms with Gasteiger partial charge in [-0.2, -0.15) is 0 Å². The zero-order valence-corrected chi connectivity index (χ0v) is 15.9. The maximum Gasteiger partial charge on any atom is 0.275 e. The molecular formula is C19H27ClN4O2+2. The Bertz CT molecular complexity index is 726. The summed E-state index contributed by atoms with van der Waals surface area (Å²) in [5.74, 6) is 0.982. The molecule has 0 bridgehead atoms. The second-order valence-electron chi connectivity index (χ2n) is 7.01. The second-order valence-corrected chi connectivity index (χ2v) is 7.45. The van der Waals surface area contributed by atoms with E-state index in [-0.39, 0.29) is 5.91 Å². The smallest absolute Gasteiger partial charge is 0.275 e. The van der Waals surface area contributed by atoms with Crippen LogP contribution in [0.3, 0.4) is 0 Å². The quantitative estimate of drug-likeness (QED) is 0.596. The van der Waals surface area contributed by atoms with E-state index in [0.29, 0.717) is 13.1 Å². The minimum Gasteiger partial charge on any atom is -0.361 e. The van der Waals surface area contributed by atoms with E-state index in [4.69, 9.17) is 16.1 Å². The molecule has 1 aliphatic heterocycles. The predicted octanol–water partition coefficient (Wildman–Crippen LogP) is -0.721. The number of benzene rings is 1. The number of hydrogen-bond donors (Lipinski definition) is 3. The fourth-order valence-corrected chi connectivity index (χ4v) is 3.61. The first kappa shape index (κ1) is 18.9. The fraction of sp³-hybridized carbons (Fsp3) is 0.474. The van der Waals surface area contributed by atoms with Gasteiger partial charge in [0, 0.05) is 17.6 Å². The lowest BCUT2D eigenvalue weighted by Crippen LogP contribution is -3.28. The van der Waals surface area contributed by atoms with Crippen LogP contribution < -0.4 is 15.1 Å². The van der Waals surface area contributed by atoms with Crippen LogP contribution in [-0.2, 0) is 17.8 Å². The highest BCUT2D eigenvalue weighted by Gasteiger charge is 2.25. The van der Waals surface area contributed by atoms with E-state index in [1.165, 1.54) is 9.80 Å². The lowest BCUT2D eigenvalue weighted by Gasteiger charge is -2.28. The van der Waals surface area contributed by atoms with E-state index in [1.807, 2.05) is 37.3 Å². The number of amides is 1. The molecule has 0 aliphatic carbocycles. The Balaban J connectivity index is 1.33. The molecule has 3 rings (SSSR count). The summed E-state index contributed by atoms with van der Waals surface area (Å²) in [6, 6.07) is 9.77. The van der Waals surface area contributed by atoms with Gasteiger partial charge >= 0.3 is 0 Å². The fourth-order valence-electron chi connectivity index (χ4n) is 3.40. The first-order valence-corrected chi connectivity index (χ1v) is 9.57. The van der Waals surface area contributed by atoms with Crippen molar-refractivity contribution in [3.8, 4) is 0 Å². The van der Waals surface area contributed by atoms with Crippen molar-refractivity contribution in [2.45, 2.75) is 19.9 Å². The van der Waals surface area contributed by atoms with E-state index in [0.717, 1.165) is 61.2 Å². The van der Waals surface area contributed by atoms with Crippen molar-refractivity contribution in [1.82, 2.24) is 10.5 Å². The molecule has 140 valence electrons. The molecule has 0 atom stereocenters. The first-order valence-electron chi connectivity index (χ1n) is 9.19. The van der Waals surface area contributed by atoms with Crippen LogP contribution in [0.4, 0.5) is 0 Å². The number of halogens is 1. The Hall–Kier alpha value is -1.89. The lowest BCUT2D eigenvalue weighted by atomic mass is 10.1. The van der Waals surface area contributed by atoms with Gasteiger partial charge in [0.2, 0.25) is 0 Å². The molecule has 0 spiro atoms. The predicted molar refractivity (Wildman–Crippen MR) is 99.4 cm³/mol.